The maximum absolute atomic E-state index is 4.87. The van der Waals surface area contributed by atoms with Crippen molar-refractivity contribution >= 4 is 5.82 Å². The van der Waals surface area contributed by atoms with Crippen LogP contribution in [-0.2, 0) is 12.0 Å². The molecule has 1 saturated carbocycles. The molecule has 2 rings (SSSR count). The number of pyridine rings is 1. The lowest BCUT2D eigenvalue weighted by atomic mass is 9.90. The van der Waals surface area contributed by atoms with Crippen LogP contribution in [0.5, 0.6) is 0 Å². The van der Waals surface area contributed by atoms with Gasteiger partial charge in [-0.3, -0.25) is 0 Å². The Morgan fingerprint density at radius 1 is 1.32 bits per heavy atom. The number of hydrogen-bond donors (Lipinski definition) is 1. The number of nitrogens with one attached hydrogen (secondary N) is 1. The van der Waals surface area contributed by atoms with Gasteiger partial charge in [0.1, 0.15) is 5.82 Å². The van der Waals surface area contributed by atoms with E-state index in [1.807, 2.05) is 7.05 Å². The van der Waals surface area contributed by atoms with Crippen LogP contribution in [0, 0.1) is 5.92 Å². The van der Waals surface area contributed by atoms with Gasteiger partial charge in [0.15, 0.2) is 0 Å². The Balaban J connectivity index is 2.27. The molecule has 0 atom stereocenters. The van der Waals surface area contributed by atoms with E-state index in [-0.39, 0.29) is 5.41 Å². The molecule has 1 heterocycles. The summed E-state index contributed by atoms with van der Waals surface area (Å²) in [6, 6.07) is 4.44. The highest BCUT2D eigenvalue weighted by Crippen LogP contribution is 2.31. The van der Waals surface area contributed by atoms with E-state index >= 15 is 0 Å². The molecule has 1 aliphatic carbocycles. The van der Waals surface area contributed by atoms with E-state index in [1.165, 1.54) is 24.1 Å². The number of aromatic nitrogens is 1. The van der Waals surface area contributed by atoms with E-state index < -0.39 is 0 Å². The highest BCUT2D eigenvalue weighted by Gasteiger charge is 2.24. The van der Waals surface area contributed by atoms with Crippen molar-refractivity contribution in [1.29, 1.82) is 0 Å². The zero-order valence-electron chi connectivity index (χ0n) is 13.0. The summed E-state index contributed by atoms with van der Waals surface area (Å²) < 4.78 is 0. The molecule has 0 bridgehead atoms. The van der Waals surface area contributed by atoms with E-state index in [0.717, 1.165) is 24.8 Å². The quantitative estimate of drug-likeness (QED) is 0.883. The Morgan fingerprint density at radius 2 is 2.00 bits per heavy atom. The van der Waals surface area contributed by atoms with Crippen LogP contribution in [0.25, 0.3) is 0 Å². The molecule has 1 aliphatic rings. The molecule has 3 heteroatoms. The Morgan fingerprint density at radius 3 is 2.53 bits per heavy atom. The van der Waals surface area contributed by atoms with E-state index in [9.17, 15) is 0 Å². The third-order valence-corrected chi connectivity index (χ3v) is 3.64. The van der Waals surface area contributed by atoms with E-state index in [0.29, 0.717) is 0 Å². The summed E-state index contributed by atoms with van der Waals surface area (Å²) in [7, 11) is 4.15. The first-order valence-electron chi connectivity index (χ1n) is 7.27. The molecule has 3 nitrogen and oxygen atoms in total. The van der Waals surface area contributed by atoms with Crippen LogP contribution < -0.4 is 10.2 Å². The lowest BCUT2D eigenvalue weighted by Crippen LogP contribution is -2.24. The van der Waals surface area contributed by atoms with Crippen molar-refractivity contribution in [2.75, 3.05) is 25.5 Å². The summed E-state index contributed by atoms with van der Waals surface area (Å²) in [5.41, 5.74) is 2.59. The van der Waals surface area contributed by atoms with E-state index in [1.54, 1.807) is 0 Å². The lowest BCUT2D eigenvalue weighted by molar-refractivity contribution is 0.566. The van der Waals surface area contributed by atoms with Crippen LogP contribution in [0.4, 0.5) is 5.82 Å². The summed E-state index contributed by atoms with van der Waals surface area (Å²) in [6.45, 7) is 8.71. The molecular weight excluding hydrogens is 234 g/mol. The molecule has 0 saturated heterocycles. The van der Waals surface area contributed by atoms with Crippen molar-refractivity contribution in [3.8, 4) is 0 Å². The highest BCUT2D eigenvalue weighted by molar-refractivity contribution is 5.43. The van der Waals surface area contributed by atoms with Crippen LogP contribution in [-0.4, -0.2) is 25.6 Å². The second kappa shape index (κ2) is 5.49. The first-order chi connectivity index (χ1) is 8.90. The van der Waals surface area contributed by atoms with Gasteiger partial charge in [-0.25, -0.2) is 4.98 Å². The largest absolute Gasteiger partial charge is 0.359 e. The summed E-state index contributed by atoms with van der Waals surface area (Å²) in [5, 5.41) is 3.24. The second-order valence-electron chi connectivity index (χ2n) is 6.82. The predicted molar refractivity (Wildman–Crippen MR) is 81.7 cm³/mol. The number of nitrogens with zero attached hydrogens (tertiary/aromatic N) is 2. The lowest BCUT2D eigenvalue weighted by Gasteiger charge is -2.24. The molecule has 0 aliphatic heterocycles. The smallest absolute Gasteiger partial charge is 0.128 e. The SMILES string of the molecule is CNCc1cc(N(C)CC2CC2)nc(C(C)(C)C)c1. The minimum atomic E-state index is 0.0962. The molecule has 106 valence electrons. The normalized spacial score (nSPS) is 15.6. The molecule has 0 aromatic carbocycles. The first-order valence-corrected chi connectivity index (χ1v) is 7.27. The molecule has 1 fully saturated rings. The van der Waals surface area contributed by atoms with Gasteiger partial charge in [0.25, 0.3) is 0 Å². The third-order valence-electron chi connectivity index (χ3n) is 3.64. The van der Waals surface area contributed by atoms with Crippen LogP contribution in [0.1, 0.15) is 44.9 Å². The molecular formula is C16H27N3. The van der Waals surface area contributed by atoms with Crippen LogP contribution in [0.3, 0.4) is 0 Å². The van der Waals surface area contributed by atoms with Gasteiger partial charge in [-0.2, -0.15) is 0 Å². The van der Waals surface area contributed by atoms with Crippen LogP contribution in [0.2, 0.25) is 0 Å². The molecule has 1 aromatic heterocycles. The van der Waals surface area contributed by atoms with Crippen molar-refractivity contribution in [1.82, 2.24) is 10.3 Å². The van der Waals surface area contributed by atoms with Gasteiger partial charge >= 0.3 is 0 Å². The number of anilines is 1. The fourth-order valence-corrected chi connectivity index (χ4v) is 2.24. The van der Waals surface area contributed by atoms with Gasteiger partial charge in [0.05, 0.1) is 0 Å². The minimum absolute atomic E-state index is 0.0962. The molecule has 0 unspecified atom stereocenters. The number of rotatable bonds is 5. The average molecular weight is 261 g/mol. The Bertz CT molecular complexity index is 430. The fourth-order valence-electron chi connectivity index (χ4n) is 2.24. The van der Waals surface area contributed by atoms with Crippen LogP contribution in [0.15, 0.2) is 12.1 Å². The van der Waals surface area contributed by atoms with Gasteiger partial charge < -0.3 is 10.2 Å². The minimum Gasteiger partial charge on any atom is -0.359 e. The molecule has 1 N–H and O–H groups in total. The zero-order valence-corrected chi connectivity index (χ0v) is 13.0. The predicted octanol–water partition coefficient (Wildman–Crippen LogP) is 2.94. The Hall–Kier alpha value is -1.09. The van der Waals surface area contributed by atoms with Crippen molar-refractivity contribution in [2.45, 2.75) is 45.6 Å². The average Bonchev–Trinajstić information content (AvgIpc) is 3.12. The molecule has 0 amide bonds. The second-order valence-corrected chi connectivity index (χ2v) is 6.82. The molecule has 0 spiro atoms. The van der Waals surface area contributed by atoms with Gasteiger partial charge in [-0.1, -0.05) is 20.8 Å². The standard InChI is InChI=1S/C16H27N3/c1-16(2,3)14-8-13(10-17-4)9-15(18-14)19(5)11-12-6-7-12/h8-9,12,17H,6-7,10-11H2,1-5H3. The topological polar surface area (TPSA) is 28.2 Å². The summed E-state index contributed by atoms with van der Waals surface area (Å²) in [5.74, 6) is 2.00. The van der Waals surface area contributed by atoms with Crippen LogP contribution >= 0.6 is 0 Å². The van der Waals surface area contributed by atoms with Crippen molar-refractivity contribution < 1.29 is 0 Å². The Kier molecular flexibility index (Phi) is 4.14. The molecule has 19 heavy (non-hydrogen) atoms. The van der Waals surface area contributed by atoms with Crippen molar-refractivity contribution in [3.63, 3.8) is 0 Å². The molecule has 1 aromatic rings. The van der Waals surface area contributed by atoms with Gasteiger partial charge in [0, 0.05) is 31.2 Å². The monoisotopic (exact) mass is 261 g/mol. The van der Waals surface area contributed by atoms with Crippen molar-refractivity contribution in [2.24, 2.45) is 5.92 Å². The summed E-state index contributed by atoms with van der Waals surface area (Å²) in [4.78, 5) is 7.18. The third kappa shape index (κ3) is 3.93. The van der Waals surface area contributed by atoms with Crippen molar-refractivity contribution in [3.05, 3.63) is 23.4 Å². The summed E-state index contributed by atoms with van der Waals surface area (Å²) in [6.07, 6.45) is 2.76. The van der Waals surface area contributed by atoms with Gasteiger partial charge in [-0.15, -0.1) is 0 Å². The first kappa shape index (κ1) is 14.3. The van der Waals surface area contributed by atoms with E-state index in [4.69, 9.17) is 4.98 Å². The van der Waals surface area contributed by atoms with E-state index in [2.05, 4.69) is 50.2 Å². The van der Waals surface area contributed by atoms with Gasteiger partial charge in [-0.05, 0) is 43.5 Å². The van der Waals surface area contributed by atoms with Gasteiger partial charge in [0.2, 0.25) is 0 Å². The maximum atomic E-state index is 4.87. The highest BCUT2D eigenvalue weighted by atomic mass is 15.2. The summed E-state index contributed by atoms with van der Waals surface area (Å²) >= 11 is 0. The maximum Gasteiger partial charge on any atom is 0.128 e. The zero-order chi connectivity index (χ0) is 14.0. The Labute approximate surface area is 117 Å². The molecule has 0 radical (unpaired) electrons. The fraction of sp³-hybridized carbons (Fsp3) is 0.688. The number of hydrogen-bond acceptors (Lipinski definition) is 3.